The molecule has 0 saturated carbocycles. The molecule has 8 nitrogen and oxygen atoms in total. The lowest BCUT2D eigenvalue weighted by Gasteiger charge is -2.40. The Bertz CT molecular complexity index is 952. The molecule has 4 rings (SSSR count). The zero-order chi connectivity index (χ0) is 18.3. The molecule has 2 aromatic heterocycles. The number of nitrogens with zero attached hydrogens (tertiary/aromatic N) is 6. The maximum absolute atomic E-state index is 8.28. The molecule has 0 radical (unpaired) electrons. The first kappa shape index (κ1) is 16.5. The molecule has 8 heteroatoms. The summed E-state index contributed by atoms with van der Waals surface area (Å²) in [6, 6.07) is 5.81. The van der Waals surface area contributed by atoms with Gasteiger partial charge in [0.05, 0.1) is 63.4 Å². The molecule has 2 aliphatic heterocycles. The molecule has 3 N–H and O–H groups in total. The Hall–Kier alpha value is -3.00. The number of hydrogen-bond donors (Lipinski definition) is 2. The molecule has 2 aliphatic rings. The number of fused-ring (bicyclic) bond motifs is 1. The molecule has 0 unspecified atom stereocenters. The van der Waals surface area contributed by atoms with Crippen molar-refractivity contribution >= 4 is 28.6 Å². The van der Waals surface area contributed by atoms with Gasteiger partial charge in [0.25, 0.3) is 0 Å². The summed E-state index contributed by atoms with van der Waals surface area (Å²) in [5.41, 5.74) is 8.45. The number of aliphatic imine (C=N–C) groups is 2. The van der Waals surface area contributed by atoms with Crippen molar-refractivity contribution in [2.45, 2.75) is 0 Å². The van der Waals surface area contributed by atoms with E-state index in [2.05, 4.69) is 34.1 Å². The molecule has 0 spiro atoms. The maximum atomic E-state index is 8.28. The van der Waals surface area contributed by atoms with E-state index in [1.807, 2.05) is 24.4 Å². The second-order valence-corrected chi connectivity index (χ2v) is 7.31. The summed E-state index contributed by atoms with van der Waals surface area (Å²) in [4.78, 5) is 11.4. The number of amidine groups is 2. The highest BCUT2D eigenvalue weighted by molar-refractivity contribution is 6.48. The predicted molar refractivity (Wildman–Crippen MR) is 103 cm³/mol. The molecule has 0 aromatic carbocycles. The van der Waals surface area contributed by atoms with Gasteiger partial charge in [-0.25, -0.2) is 14.5 Å². The van der Waals surface area contributed by atoms with E-state index in [0.29, 0.717) is 28.8 Å². The number of dihydropyridines is 1. The lowest BCUT2D eigenvalue weighted by atomic mass is 10.1. The number of piperazine rings is 1. The first-order valence-electron chi connectivity index (χ1n) is 8.66. The van der Waals surface area contributed by atoms with Gasteiger partial charge >= 0.3 is 0 Å². The number of quaternary nitrogens is 1. The summed E-state index contributed by atoms with van der Waals surface area (Å²) >= 11 is 0. The van der Waals surface area contributed by atoms with Gasteiger partial charge in [-0.3, -0.25) is 5.41 Å². The Balaban J connectivity index is 1.68. The van der Waals surface area contributed by atoms with Crippen LogP contribution in [0.5, 0.6) is 0 Å². The van der Waals surface area contributed by atoms with Gasteiger partial charge in [0.2, 0.25) is 0 Å². The van der Waals surface area contributed by atoms with Crippen molar-refractivity contribution in [2.24, 2.45) is 15.7 Å². The van der Waals surface area contributed by atoms with Gasteiger partial charge in [-0.1, -0.05) is 6.07 Å². The van der Waals surface area contributed by atoms with Crippen LogP contribution in [-0.4, -0.2) is 76.7 Å². The monoisotopic (exact) mass is 351 g/mol. The zero-order valence-electron chi connectivity index (χ0n) is 15.1. The minimum absolute atomic E-state index is 0.341. The first-order chi connectivity index (χ1) is 12.4. The average Bonchev–Trinajstić information content (AvgIpc) is 3.01. The normalized spacial score (nSPS) is 21.8. The van der Waals surface area contributed by atoms with Crippen LogP contribution < -0.4 is 5.73 Å². The lowest BCUT2D eigenvalue weighted by Crippen LogP contribution is -2.57. The number of likely N-dealkylation sites (N-methyl/N-ethyl adjacent to an activating group) is 1. The summed E-state index contributed by atoms with van der Waals surface area (Å²) in [5.74, 6) is 1.09. The Labute approximate surface area is 152 Å². The van der Waals surface area contributed by atoms with Gasteiger partial charge in [0.1, 0.15) is 5.69 Å². The third-order valence-corrected chi connectivity index (χ3v) is 4.89. The van der Waals surface area contributed by atoms with E-state index in [0.717, 1.165) is 36.2 Å². The van der Waals surface area contributed by atoms with Crippen LogP contribution in [-0.2, 0) is 0 Å². The molecular weight excluding hydrogens is 328 g/mol. The smallest absolute Gasteiger partial charge is 0.178 e. The number of pyridine rings is 1. The van der Waals surface area contributed by atoms with E-state index in [-0.39, 0.29) is 0 Å². The molecule has 0 bridgehead atoms. The average molecular weight is 351 g/mol. The van der Waals surface area contributed by atoms with Crippen LogP contribution in [0.2, 0.25) is 0 Å². The molecule has 1 fully saturated rings. The van der Waals surface area contributed by atoms with E-state index < -0.39 is 0 Å². The maximum Gasteiger partial charge on any atom is 0.178 e. The van der Waals surface area contributed by atoms with Crippen LogP contribution in [0.3, 0.4) is 0 Å². The van der Waals surface area contributed by atoms with Gasteiger partial charge in [-0.2, -0.15) is 5.10 Å². The molecule has 134 valence electrons. The Kier molecular flexibility index (Phi) is 3.84. The van der Waals surface area contributed by atoms with Crippen LogP contribution in [0.25, 0.3) is 5.52 Å². The quantitative estimate of drug-likeness (QED) is 0.751. The number of hydrogen-bond acceptors (Lipinski definition) is 5. The Morgan fingerprint density at radius 3 is 2.77 bits per heavy atom. The van der Waals surface area contributed by atoms with E-state index in [1.165, 1.54) is 0 Å². The van der Waals surface area contributed by atoms with Gasteiger partial charge in [0.15, 0.2) is 11.7 Å². The summed E-state index contributed by atoms with van der Waals surface area (Å²) in [7, 11) is 4.45. The van der Waals surface area contributed by atoms with Crippen LogP contribution >= 0.6 is 0 Å². The van der Waals surface area contributed by atoms with Crippen molar-refractivity contribution in [3.63, 3.8) is 0 Å². The molecule has 26 heavy (non-hydrogen) atoms. The van der Waals surface area contributed by atoms with E-state index >= 15 is 0 Å². The molecular formula is C18H23N8+. The van der Waals surface area contributed by atoms with Gasteiger partial charge < -0.3 is 15.1 Å². The molecule has 0 aliphatic carbocycles. The van der Waals surface area contributed by atoms with Crippen molar-refractivity contribution in [1.29, 1.82) is 5.41 Å². The second kappa shape index (κ2) is 6.06. The highest BCUT2D eigenvalue weighted by atomic mass is 15.4. The highest BCUT2D eigenvalue weighted by Crippen LogP contribution is 2.21. The van der Waals surface area contributed by atoms with Gasteiger partial charge in [-0.15, -0.1) is 0 Å². The Morgan fingerprint density at radius 2 is 2.00 bits per heavy atom. The predicted octanol–water partition coefficient (Wildman–Crippen LogP) is 1.03. The third kappa shape index (κ3) is 2.99. The number of rotatable bonds is 1. The van der Waals surface area contributed by atoms with E-state index in [4.69, 9.17) is 11.1 Å². The molecule has 0 amide bonds. The Morgan fingerprint density at radius 1 is 1.23 bits per heavy atom. The van der Waals surface area contributed by atoms with Gasteiger partial charge in [-0.05, 0) is 18.2 Å². The van der Waals surface area contributed by atoms with Crippen LogP contribution in [0.15, 0.2) is 52.4 Å². The fraction of sp³-hybridized carbons (Fsp3) is 0.333. The topological polar surface area (TPSA) is 95.1 Å². The summed E-state index contributed by atoms with van der Waals surface area (Å²) in [5, 5.41) is 12.6. The van der Waals surface area contributed by atoms with Crippen LogP contribution in [0.4, 0.5) is 5.69 Å². The van der Waals surface area contributed by atoms with E-state index in [9.17, 15) is 0 Å². The van der Waals surface area contributed by atoms with Crippen molar-refractivity contribution in [2.75, 3.05) is 40.3 Å². The fourth-order valence-electron chi connectivity index (χ4n) is 3.18. The zero-order valence-corrected chi connectivity index (χ0v) is 15.1. The second-order valence-electron chi connectivity index (χ2n) is 7.31. The van der Waals surface area contributed by atoms with Crippen molar-refractivity contribution in [3.8, 4) is 0 Å². The molecule has 0 atom stereocenters. The number of nitrogens with one attached hydrogen (secondary N) is 1. The van der Waals surface area contributed by atoms with Crippen molar-refractivity contribution in [1.82, 2.24) is 14.5 Å². The fourth-order valence-corrected chi connectivity index (χ4v) is 3.18. The summed E-state index contributed by atoms with van der Waals surface area (Å²) in [6.07, 6.45) is 5.21. The van der Waals surface area contributed by atoms with Crippen LogP contribution in [0.1, 0.15) is 0 Å². The summed E-state index contributed by atoms with van der Waals surface area (Å²) in [6.45, 7) is 3.77. The van der Waals surface area contributed by atoms with E-state index in [1.54, 1.807) is 16.8 Å². The summed E-state index contributed by atoms with van der Waals surface area (Å²) < 4.78 is 2.75. The number of aromatic nitrogens is 2. The van der Waals surface area contributed by atoms with Crippen LogP contribution in [0, 0.1) is 5.41 Å². The van der Waals surface area contributed by atoms with Crippen molar-refractivity contribution < 1.29 is 4.48 Å². The first-order valence-corrected chi connectivity index (χ1v) is 8.66. The molecule has 2 aromatic rings. The SMILES string of the molecule is C[N+]1(C)CCN(C2=N/C(=N\c3cnn4ccccc34)C(N)=CC2=N)CC1. The molecule has 1 saturated heterocycles. The number of nitrogens with two attached hydrogens (primary N) is 1. The highest BCUT2D eigenvalue weighted by Gasteiger charge is 2.29. The van der Waals surface area contributed by atoms with Gasteiger partial charge in [0, 0.05) is 6.20 Å². The molecule has 4 heterocycles. The third-order valence-electron chi connectivity index (χ3n) is 4.89. The standard InChI is InChI=1S/C18H23N8/c1-26(2)9-7-24(8-10-26)18-14(20)11-13(19)17(23-18)22-15-12-21-25-6-4-3-5-16(15)25/h3-6,11-12,20H,7-10,19H2,1-2H3/q+1/b20-14?,22-17-. The largest absolute Gasteiger partial charge is 0.396 e. The minimum atomic E-state index is 0.341. The minimum Gasteiger partial charge on any atom is -0.396 e. The van der Waals surface area contributed by atoms with Crippen molar-refractivity contribution in [3.05, 3.63) is 42.4 Å². The lowest BCUT2D eigenvalue weighted by molar-refractivity contribution is -0.894.